The van der Waals surface area contributed by atoms with Crippen molar-refractivity contribution in [3.05, 3.63) is 133 Å². The van der Waals surface area contributed by atoms with Crippen LogP contribution in [-0.2, 0) is 19.2 Å². The fourth-order valence-corrected chi connectivity index (χ4v) is 21.7. The molecule has 38 nitrogen and oxygen atoms in total. The van der Waals surface area contributed by atoms with Gasteiger partial charge in [0, 0.05) is 133 Å². The van der Waals surface area contributed by atoms with Gasteiger partial charge < -0.3 is 95.5 Å². The molecule has 4 aromatic carbocycles. The van der Waals surface area contributed by atoms with Crippen LogP contribution in [-0.4, -0.2) is 262 Å². The predicted molar refractivity (Wildman–Crippen MR) is 577 cm³/mol. The van der Waals surface area contributed by atoms with Gasteiger partial charge in [-0.2, -0.15) is 25.0 Å². The van der Waals surface area contributed by atoms with Crippen LogP contribution in [0.15, 0.2) is 116 Å². The van der Waals surface area contributed by atoms with Gasteiger partial charge in [-0.05, 0) is 260 Å². The van der Waals surface area contributed by atoms with E-state index in [-0.39, 0.29) is 65.6 Å². The first kappa shape index (κ1) is 106. The number of nitrogens with zero attached hydrogens (tertiary/aromatic N) is 21. The predicted octanol–water partition coefficient (Wildman–Crippen LogP) is 16.1. The Morgan fingerprint density at radius 1 is 0.401 bits per heavy atom. The van der Waals surface area contributed by atoms with Crippen molar-refractivity contribution in [2.45, 2.75) is 267 Å². The largest absolute Gasteiger partial charge is 0.495 e. The van der Waals surface area contributed by atoms with Crippen LogP contribution in [0.3, 0.4) is 0 Å². The maximum Gasteiger partial charge on any atom is 0.251 e. The van der Waals surface area contributed by atoms with E-state index in [1.807, 2.05) is 133 Å². The average molecular weight is 2010 g/mol. The number of ether oxygens (including phenoxy) is 3. The highest BCUT2D eigenvalue weighted by atomic mass is 16.5. The molecule has 0 unspecified atom stereocenters. The smallest absolute Gasteiger partial charge is 0.251 e. The molecular weight excluding hydrogens is 1860 g/mol. The zero-order valence-electron chi connectivity index (χ0n) is 89.5. The third-order valence-electron chi connectivity index (χ3n) is 29.9. The number of hydrogen-bond donors (Lipinski definition) is 7. The normalized spacial score (nSPS) is 19.2. The summed E-state index contributed by atoms with van der Waals surface area (Å²) in [6.45, 7) is 34.3. The summed E-state index contributed by atoms with van der Waals surface area (Å²) in [6, 6.07) is 26.1. The molecule has 7 amide bonds. The Balaban J connectivity index is 0.000000141. The van der Waals surface area contributed by atoms with Gasteiger partial charge in [0.05, 0.1) is 94.6 Å². The zero-order chi connectivity index (χ0) is 105. The number of carbonyl (C=O) groups excluding carboxylic acids is 7. The van der Waals surface area contributed by atoms with Crippen molar-refractivity contribution in [3.63, 3.8) is 0 Å². The maximum absolute atomic E-state index is 13.3. The van der Waals surface area contributed by atoms with Crippen molar-refractivity contribution in [2.75, 3.05) is 162 Å². The van der Waals surface area contributed by atoms with Gasteiger partial charge in [-0.3, -0.25) is 38.5 Å². The first-order chi connectivity index (χ1) is 70.1. The Kier molecular flexibility index (Phi) is 32.5. The van der Waals surface area contributed by atoms with Crippen LogP contribution in [0.1, 0.15) is 244 Å². The highest BCUT2D eigenvalue weighted by Gasteiger charge is 2.48. The van der Waals surface area contributed by atoms with Crippen molar-refractivity contribution >= 4 is 134 Å². The molecule has 786 valence electrons. The van der Waals surface area contributed by atoms with Gasteiger partial charge in [-0.25, -0.2) is 29.6 Å². The highest BCUT2D eigenvalue weighted by Crippen LogP contribution is 2.48. The van der Waals surface area contributed by atoms with E-state index in [9.17, 15) is 33.6 Å². The number of amides is 7. The number of carbonyl (C=O) groups is 7. The summed E-state index contributed by atoms with van der Waals surface area (Å²) in [6.07, 6.45) is 30.2. The number of rotatable bonds is 24. The fourth-order valence-electron chi connectivity index (χ4n) is 21.7. The molecule has 0 bridgehead atoms. The lowest BCUT2D eigenvalue weighted by Crippen LogP contribution is -2.61. The second kappa shape index (κ2) is 45.0. The molecule has 11 heterocycles. The molecule has 5 aromatic heterocycles. The van der Waals surface area contributed by atoms with Crippen LogP contribution in [0, 0.1) is 21.7 Å². The molecule has 6 aliphatic heterocycles. The van der Waals surface area contributed by atoms with Gasteiger partial charge in [0.2, 0.25) is 47.4 Å². The zero-order valence-corrected chi connectivity index (χ0v) is 89.5. The van der Waals surface area contributed by atoms with E-state index in [1.165, 1.54) is 57.7 Å². The Morgan fingerprint density at radius 2 is 0.721 bits per heavy atom. The first-order valence-corrected chi connectivity index (χ1v) is 52.4. The summed E-state index contributed by atoms with van der Waals surface area (Å²) in [7, 11) is 12.5. The second-order valence-corrected chi connectivity index (χ2v) is 44.3. The van der Waals surface area contributed by atoms with Crippen molar-refractivity contribution in [2.24, 2.45) is 21.7 Å². The van der Waals surface area contributed by atoms with Crippen LogP contribution < -0.4 is 90.6 Å². The van der Waals surface area contributed by atoms with E-state index < -0.39 is 21.7 Å². The minimum absolute atomic E-state index is 0.0564. The lowest BCUT2D eigenvalue weighted by Gasteiger charge is -2.42. The SMILES string of the molecule is CC(C)Oc1cc(C(=O)NC2CCN(C)CC2)ccc1Nc1ncc2c(n1)N(C1CCCC1)CC(C)(C)C(=O)N2C.CN1C(=O)C(C)(C)CN(C2CCCC2)c2nc(Nc3ccc(-n4cncn4)cc3)ncc21.CNC(=O)c1ccc(Nc2ncc3c(n2)N(C2CCCC2)CC(C)(C)C(=O)N3C)c(OC(C)C)c1.COc1cc(C(=O)NC2CN(C(C)C)C2)ccc1Nc1ncc2c(n1)N(C1CCCC1)CC(C)(C)C(=O)N2C. The van der Waals surface area contributed by atoms with Crippen LogP contribution in [0.25, 0.3) is 5.69 Å². The van der Waals surface area contributed by atoms with Gasteiger partial charge in [-0.15, -0.1) is 0 Å². The Bertz CT molecular complexity index is 6200. The minimum Gasteiger partial charge on any atom is -0.495 e. The van der Waals surface area contributed by atoms with Crippen molar-refractivity contribution in [3.8, 4) is 22.9 Å². The monoisotopic (exact) mass is 2010 g/mol. The summed E-state index contributed by atoms with van der Waals surface area (Å²) in [5.41, 5.74) is 6.19. The quantitative estimate of drug-likeness (QED) is 0.0295. The Morgan fingerprint density at radius 3 is 1.03 bits per heavy atom. The molecule has 2 saturated heterocycles. The third-order valence-corrected chi connectivity index (χ3v) is 29.9. The number of nitrogens with one attached hydrogen (secondary N) is 7. The number of likely N-dealkylation sites (tertiary alicyclic amines) is 2. The molecule has 0 radical (unpaired) electrons. The standard InChI is InChI=1S/C31H45N7O3.C29H41N7O3.C26H36N6O3.C23H28N8O/c1-20(2)41-26-17-21(28(39)33-22-13-15-36(5)16-14-22)11-12-24(26)34-30-32-18-25-27(35-30)38(23-9-7-8-10-23)19-31(3,4)29(40)37(25)6;1-18(2)35-15-20(16-35)31-26(37)19-11-12-22(24(13-19)39-6)32-28-30-14-23-25(33-28)36(21-9-7-8-10-21)17-29(3,4)27(38)34(23)5;1-16(2)35-21-13-17(23(33)27-5)11-12-19(21)29-25-28-14-20-22(30-25)32(18-9-7-8-10-18)15-26(3,4)24(34)31(20)6;1-23(2)13-30(17-6-4-5-7-17)20-19(29(3)21(23)32)12-25-22(28-20)27-16-8-10-18(11-9-16)31-15-24-14-26-31/h11-12,17-18,20,22-23H,7-10,13-16,19H2,1-6H3,(H,33,39)(H,32,34,35);11-14,18,20-21H,7-10,15-17H2,1-6H3,(H,31,37)(H,30,32,33);11-14,16,18H,7-10,15H2,1-6H3,(H,27,33)(H,28,29,30);8-12,14-15,17H,4-7,13H2,1-3H3,(H,25,27,28). The van der Waals surface area contributed by atoms with Crippen molar-refractivity contribution < 1.29 is 47.8 Å². The van der Waals surface area contributed by atoms with Crippen LogP contribution in [0.2, 0.25) is 0 Å². The summed E-state index contributed by atoms with van der Waals surface area (Å²) in [5, 5.41) is 26.3. The molecule has 9 aromatic rings. The number of benzene rings is 4. The summed E-state index contributed by atoms with van der Waals surface area (Å²) in [4.78, 5) is 154. The summed E-state index contributed by atoms with van der Waals surface area (Å²) < 4.78 is 19.5. The number of anilines is 16. The Hall–Kier alpha value is -13.7. The van der Waals surface area contributed by atoms with Gasteiger partial charge in [0.15, 0.2) is 23.3 Å². The molecule has 147 heavy (non-hydrogen) atoms. The number of aromatic nitrogens is 11. The van der Waals surface area contributed by atoms with E-state index in [4.69, 9.17) is 34.1 Å². The molecule has 6 fully saturated rings. The first-order valence-electron chi connectivity index (χ1n) is 52.4. The second-order valence-electron chi connectivity index (χ2n) is 44.3. The summed E-state index contributed by atoms with van der Waals surface area (Å²) >= 11 is 0. The third kappa shape index (κ3) is 24.3. The fraction of sp³-hybridized carbons (Fsp3) is 0.550. The molecule has 4 aliphatic carbocycles. The number of hydrogen-bond acceptors (Lipinski definition) is 30. The lowest BCUT2D eigenvalue weighted by molar-refractivity contribution is -0.126. The lowest BCUT2D eigenvalue weighted by atomic mass is 9.91. The molecule has 19 rings (SSSR count). The average Bonchev–Trinajstić information content (AvgIpc) is 1.64. The van der Waals surface area contributed by atoms with E-state index in [0.717, 1.165) is 136 Å². The molecule has 7 N–H and O–H groups in total. The summed E-state index contributed by atoms with van der Waals surface area (Å²) in [5.74, 6) is 6.41. The van der Waals surface area contributed by atoms with Crippen LogP contribution >= 0.6 is 0 Å². The van der Waals surface area contributed by atoms with Crippen LogP contribution in [0.5, 0.6) is 17.2 Å². The maximum atomic E-state index is 13.3. The van der Waals surface area contributed by atoms with Crippen LogP contribution in [0.4, 0.5) is 92.6 Å². The molecule has 0 atom stereocenters. The van der Waals surface area contributed by atoms with Crippen molar-refractivity contribution in [1.29, 1.82) is 0 Å². The van der Waals surface area contributed by atoms with Crippen molar-refractivity contribution in [1.82, 2.24) is 80.4 Å². The minimum atomic E-state index is -0.548. The van der Waals surface area contributed by atoms with E-state index >= 15 is 0 Å². The topological polar surface area (TPSA) is 398 Å². The van der Waals surface area contributed by atoms with Gasteiger partial charge >= 0.3 is 0 Å². The number of piperidine rings is 1. The molecular formula is C109H150N28O10. The van der Waals surface area contributed by atoms with E-state index in [0.29, 0.717) is 143 Å². The van der Waals surface area contributed by atoms with Gasteiger partial charge in [-0.1, -0.05) is 51.4 Å². The number of methoxy groups -OCH3 is 1. The Labute approximate surface area is 864 Å². The molecule has 0 spiro atoms. The van der Waals surface area contributed by atoms with Gasteiger partial charge in [0.1, 0.15) is 52.7 Å². The molecule has 38 heteroatoms. The van der Waals surface area contributed by atoms with E-state index in [2.05, 4.69) is 118 Å². The van der Waals surface area contributed by atoms with E-state index in [1.54, 1.807) is 127 Å². The number of fused-ring (bicyclic) bond motifs is 4. The highest BCUT2D eigenvalue weighted by molar-refractivity contribution is 6.05. The molecule has 10 aliphatic rings. The molecule has 4 saturated carbocycles. The van der Waals surface area contributed by atoms with Gasteiger partial charge in [0.25, 0.3) is 17.7 Å².